The summed E-state index contributed by atoms with van der Waals surface area (Å²) in [5.74, 6) is 0.0537. The zero-order valence-electron chi connectivity index (χ0n) is 11.1. The maximum atomic E-state index is 12.6. The van der Waals surface area contributed by atoms with Crippen LogP contribution in [0.5, 0.6) is 5.75 Å². The number of hydrogen-bond donors (Lipinski definition) is 1. The number of nitrogens with two attached hydrogens (primary N) is 1. The Morgan fingerprint density at radius 2 is 1.86 bits per heavy atom. The summed E-state index contributed by atoms with van der Waals surface area (Å²) < 4.78 is 5.57. The minimum atomic E-state index is -0.395. The molecule has 2 aliphatic rings. The highest BCUT2D eigenvalue weighted by molar-refractivity contribution is 6.23. The van der Waals surface area contributed by atoms with Gasteiger partial charge in [-0.2, -0.15) is 0 Å². The van der Waals surface area contributed by atoms with Crippen LogP contribution in [0, 0.1) is 0 Å². The first-order valence-corrected chi connectivity index (χ1v) is 6.66. The fourth-order valence-corrected chi connectivity index (χ4v) is 2.97. The Balaban J connectivity index is 1.81. The van der Waals surface area contributed by atoms with Gasteiger partial charge in [-0.05, 0) is 18.2 Å². The lowest BCUT2D eigenvalue weighted by Gasteiger charge is -2.20. The highest BCUT2D eigenvalue weighted by Gasteiger charge is 2.44. The number of ether oxygens (including phenoxy) is 1. The summed E-state index contributed by atoms with van der Waals surface area (Å²) in [6.45, 7) is 0.282. The van der Waals surface area contributed by atoms with Gasteiger partial charge >= 0.3 is 0 Å². The molecule has 2 aromatic rings. The van der Waals surface area contributed by atoms with E-state index in [0.717, 1.165) is 5.56 Å². The smallest absolute Gasteiger partial charge is 0.264 e. The number of carbonyl (C=O) groups excluding carboxylic acids is 2. The Morgan fingerprint density at radius 1 is 1.05 bits per heavy atom. The average Bonchev–Trinajstić information content (AvgIpc) is 3.00. The molecule has 2 aliphatic heterocycles. The van der Waals surface area contributed by atoms with E-state index in [1.807, 2.05) is 24.3 Å². The largest absolute Gasteiger partial charge is 0.491 e. The second kappa shape index (κ2) is 4.09. The van der Waals surface area contributed by atoms with Crippen LogP contribution in [-0.4, -0.2) is 23.3 Å². The molecule has 0 spiro atoms. The predicted molar refractivity (Wildman–Crippen MR) is 76.0 cm³/mol. The molecular weight excluding hydrogens is 268 g/mol. The van der Waals surface area contributed by atoms with Gasteiger partial charge in [0.15, 0.2) is 0 Å². The molecule has 1 atom stereocenters. The number of carbonyl (C=O) groups is 2. The summed E-state index contributed by atoms with van der Waals surface area (Å²) >= 11 is 0. The van der Waals surface area contributed by atoms with E-state index in [0.29, 0.717) is 22.6 Å². The van der Waals surface area contributed by atoms with Crippen molar-refractivity contribution in [2.45, 2.75) is 6.04 Å². The topological polar surface area (TPSA) is 72.6 Å². The maximum Gasteiger partial charge on any atom is 0.264 e. The van der Waals surface area contributed by atoms with E-state index in [1.165, 1.54) is 4.90 Å². The Labute approximate surface area is 120 Å². The Kier molecular flexibility index (Phi) is 2.33. The first kappa shape index (κ1) is 12.0. The molecule has 4 rings (SSSR count). The maximum absolute atomic E-state index is 12.6. The van der Waals surface area contributed by atoms with Crippen molar-refractivity contribution in [1.82, 2.24) is 4.90 Å². The van der Waals surface area contributed by atoms with Crippen molar-refractivity contribution in [1.29, 1.82) is 0 Å². The number of benzene rings is 2. The predicted octanol–water partition coefficient (Wildman–Crippen LogP) is 2.00. The van der Waals surface area contributed by atoms with Crippen LogP contribution in [0.15, 0.2) is 42.5 Å². The number of hydrogen-bond acceptors (Lipinski definition) is 4. The molecule has 0 aromatic heterocycles. The summed E-state index contributed by atoms with van der Waals surface area (Å²) in [7, 11) is 0. The van der Waals surface area contributed by atoms with Gasteiger partial charge in [0.05, 0.1) is 11.1 Å². The first-order chi connectivity index (χ1) is 10.2. The van der Waals surface area contributed by atoms with E-state index in [-0.39, 0.29) is 18.4 Å². The van der Waals surface area contributed by atoms with E-state index < -0.39 is 6.04 Å². The van der Waals surface area contributed by atoms with E-state index in [2.05, 4.69) is 0 Å². The van der Waals surface area contributed by atoms with Gasteiger partial charge in [-0.3, -0.25) is 14.5 Å². The molecule has 2 amide bonds. The second-order valence-electron chi connectivity index (χ2n) is 5.11. The molecular formula is C16H12N2O3. The molecule has 1 unspecified atom stereocenters. The van der Waals surface area contributed by atoms with Gasteiger partial charge in [-0.1, -0.05) is 24.3 Å². The molecule has 104 valence electrons. The second-order valence-corrected chi connectivity index (χ2v) is 5.11. The Hall–Kier alpha value is -2.82. The van der Waals surface area contributed by atoms with Crippen molar-refractivity contribution in [2.24, 2.45) is 0 Å². The first-order valence-electron chi connectivity index (χ1n) is 6.66. The molecule has 21 heavy (non-hydrogen) atoms. The Morgan fingerprint density at radius 3 is 2.67 bits per heavy atom. The fraction of sp³-hybridized carbons (Fsp3) is 0.125. The van der Waals surface area contributed by atoms with E-state index >= 15 is 0 Å². The minimum absolute atomic E-state index is 0.282. The molecule has 0 saturated carbocycles. The Bertz CT molecular complexity index is 785. The molecule has 2 heterocycles. The van der Waals surface area contributed by atoms with Crippen LogP contribution in [0.3, 0.4) is 0 Å². The van der Waals surface area contributed by atoms with Gasteiger partial charge < -0.3 is 10.5 Å². The summed E-state index contributed by atoms with van der Waals surface area (Å²) in [5.41, 5.74) is 7.70. The van der Waals surface area contributed by atoms with Crippen LogP contribution >= 0.6 is 0 Å². The lowest BCUT2D eigenvalue weighted by Crippen LogP contribution is -2.35. The number of rotatable bonds is 1. The van der Waals surface area contributed by atoms with Crippen LogP contribution in [0.4, 0.5) is 5.69 Å². The fourth-order valence-electron chi connectivity index (χ4n) is 2.97. The molecule has 5 nitrogen and oxygen atoms in total. The summed E-state index contributed by atoms with van der Waals surface area (Å²) in [6, 6.07) is 12.0. The van der Waals surface area contributed by atoms with Gasteiger partial charge in [0.1, 0.15) is 18.4 Å². The lowest BCUT2D eigenvalue weighted by molar-refractivity contribution is 0.0561. The molecule has 5 heteroatoms. The molecule has 0 saturated heterocycles. The van der Waals surface area contributed by atoms with Crippen molar-refractivity contribution in [2.75, 3.05) is 12.3 Å². The van der Waals surface area contributed by atoms with Crippen molar-refractivity contribution in [3.8, 4) is 5.75 Å². The van der Waals surface area contributed by atoms with Crippen molar-refractivity contribution < 1.29 is 14.3 Å². The zero-order chi connectivity index (χ0) is 14.6. The molecule has 2 aromatic carbocycles. The number of para-hydroxylation sites is 1. The molecule has 0 bridgehead atoms. The van der Waals surface area contributed by atoms with Gasteiger partial charge in [-0.15, -0.1) is 0 Å². The summed E-state index contributed by atoms with van der Waals surface area (Å²) in [6.07, 6.45) is 0. The van der Waals surface area contributed by atoms with Crippen molar-refractivity contribution in [3.63, 3.8) is 0 Å². The standard InChI is InChI=1S/C16H12N2O3/c17-11-6-3-5-10-14(11)16(20)18(15(10)19)12-8-21-13-7-2-1-4-9(12)13/h1-7,12H,8,17H2. The SMILES string of the molecule is Nc1cccc2c1C(=O)N(C1COc3ccccc31)C2=O. The van der Waals surface area contributed by atoms with E-state index in [1.54, 1.807) is 18.2 Å². The molecule has 0 radical (unpaired) electrons. The number of anilines is 1. The number of amides is 2. The number of fused-ring (bicyclic) bond motifs is 2. The highest BCUT2D eigenvalue weighted by atomic mass is 16.5. The van der Waals surface area contributed by atoms with E-state index in [4.69, 9.17) is 10.5 Å². The van der Waals surface area contributed by atoms with Crippen molar-refractivity contribution >= 4 is 17.5 Å². The molecule has 2 N–H and O–H groups in total. The number of nitrogen functional groups attached to an aromatic ring is 1. The lowest BCUT2D eigenvalue weighted by atomic mass is 10.1. The highest BCUT2D eigenvalue weighted by Crippen LogP contribution is 2.40. The number of nitrogens with zero attached hydrogens (tertiary/aromatic N) is 1. The summed E-state index contributed by atoms with van der Waals surface area (Å²) in [4.78, 5) is 26.4. The number of imide groups is 1. The van der Waals surface area contributed by atoms with Crippen LogP contribution in [-0.2, 0) is 0 Å². The average molecular weight is 280 g/mol. The normalized spacial score (nSPS) is 19.4. The summed E-state index contributed by atoms with van der Waals surface area (Å²) in [5, 5.41) is 0. The van der Waals surface area contributed by atoms with Gasteiger partial charge in [0.25, 0.3) is 11.8 Å². The third-order valence-corrected chi connectivity index (χ3v) is 3.96. The van der Waals surface area contributed by atoms with Crippen LogP contribution in [0.25, 0.3) is 0 Å². The van der Waals surface area contributed by atoms with Crippen LogP contribution in [0.2, 0.25) is 0 Å². The van der Waals surface area contributed by atoms with Gasteiger partial charge in [-0.25, -0.2) is 0 Å². The van der Waals surface area contributed by atoms with E-state index in [9.17, 15) is 9.59 Å². The monoisotopic (exact) mass is 280 g/mol. The third kappa shape index (κ3) is 1.51. The molecule has 0 fully saturated rings. The molecule has 0 aliphatic carbocycles. The third-order valence-electron chi connectivity index (χ3n) is 3.96. The van der Waals surface area contributed by atoms with Crippen LogP contribution in [0.1, 0.15) is 32.3 Å². The van der Waals surface area contributed by atoms with Gasteiger partial charge in [0, 0.05) is 11.3 Å². The quantitative estimate of drug-likeness (QED) is 0.640. The van der Waals surface area contributed by atoms with Crippen LogP contribution < -0.4 is 10.5 Å². The minimum Gasteiger partial charge on any atom is -0.491 e. The zero-order valence-corrected chi connectivity index (χ0v) is 11.1. The van der Waals surface area contributed by atoms with Gasteiger partial charge in [0.2, 0.25) is 0 Å². The van der Waals surface area contributed by atoms with Crippen molar-refractivity contribution in [3.05, 3.63) is 59.2 Å².